The van der Waals surface area contributed by atoms with Crippen molar-refractivity contribution in [3.63, 3.8) is 0 Å². The number of pyridine rings is 1. The lowest BCUT2D eigenvalue weighted by Crippen LogP contribution is -2.43. The van der Waals surface area contributed by atoms with Gasteiger partial charge in [0.2, 0.25) is 5.91 Å². The van der Waals surface area contributed by atoms with Gasteiger partial charge in [-0.3, -0.25) is 14.3 Å². The Hall–Kier alpha value is -3.68. The average Bonchev–Trinajstić information content (AvgIpc) is 3.22. The summed E-state index contributed by atoms with van der Waals surface area (Å²) in [6.07, 6.45) is 5.58. The van der Waals surface area contributed by atoms with Crippen molar-refractivity contribution in [2.24, 2.45) is 11.8 Å². The molecule has 3 heterocycles. The van der Waals surface area contributed by atoms with Gasteiger partial charge in [0, 0.05) is 49.5 Å². The Bertz CT molecular complexity index is 1260. The summed E-state index contributed by atoms with van der Waals surface area (Å²) in [5, 5.41) is 11.2. The first-order valence-corrected chi connectivity index (χ1v) is 11.6. The minimum absolute atomic E-state index is 0.0466. The Morgan fingerprint density at radius 2 is 1.97 bits per heavy atom. The average molecular weight is 461 g/mol. The van der Waals surface area contributed by atoms with Crippen LogP contribution in [-0.4, -0.2) is 47.2 Å². The van der Waals surface area contributed by atoms with Gasteiger partial charge in [0.25, 0.3) is 5.91 Å². The predicted octanol–water partition coefficient (Wildman–Crippen LogP) is 3.76. The Kier molecular flexibility index (Phi) is 6.41. The number of nitrogens with zero attached hydrogens (tertiary/aromatic N) is 4. The highest BCUT2D eigenvalue weighted by molar-refractivity contribution is 6.08. The lowest BCUT2D eigenvalue weighted by Gasteiger charge is -2.26. The van der Waals surface area contributed by atoms with Crippen LogP contribution in [0.4, 0.5) is 5.82 Å². The zero-order chi connectivity index (χ0) is 24.6. The molecule has 2 atom stereocenters. The van der Waals surface area contributed by atoms with Gasteiger partial charge in [0.1, 0.15) is 5.82 Å². The molecule has 1 aliphatic heterocycles. The summed E-state index contributed by atoms with van der Waals surface area (Å²) in [7, 11) is 3.89. The van der Waals surface area contributed by atoms with Crippen LogP contribution in [0, 0.1) is 11.8 Å². The Balaban J connectivity index is 1.69. The van der Waals surface area contributed by atoms with Gasteiger partial charge in [-0.2, -0.15) is 5.10 Å². The van der Waals surface area contributed by atoms with Crippen LogP contribution >= 0.6 is 0 Å². The number of hydrogen-bond donors (Lipinski definition) is 2. The summed E-state index contributed by atoms with van der Waals surface area (Å²) in [6.45, 7) is 8.25. The Morgan fingerprint density at radius 1 is 1.21 bits per heavy atom. The summed E-state index contributed by atoms with van der Waals surface area (Å²) >= 11 is 0. The fourth-order valence-corrected chi connectivity index (χ4v) is 4.39. The van der Waals surface area contributed by atoms with Crippen molar-refractivity contribution in [2.45, 2.75) is 33.7 Å². The standard InChI is InChI=1S/C26H32N6O2/c1-15(2)32-23-11-19(18-7-8-24(27-12-18)31(5)6)10-20(22(23)14-29-32)25(33)28-13-21-16(3)9-17(4)30-26(21)34/h7-12,14-16,21H,13H2,1-6H3,(H,28,33)(H,30,34). The fourth-order valence-electron chi connectivity index (χ4n) is 4.39. The van der Waals surface area contributed by atoms with E-state index >= 15 is 0 Å². The molecule has 3 aromatic rings. The molecule has 1 aromatic carbocycles. The molecular weight excluding hydrogens is 428 g/mol. The van der Waals surface area contributed by atoms with E-state index in [4.69, 9.17) is 0 Å². The molecule has 0 aliphatic carbocycles. The molecule has 8 nitrogen and oxygen atoms in total. The number of carbonyl (C=O) groups excluding carboxylic acids is 2. The van der Waals surface area contributed by atoms with Crippen LogP contribution < -0.4 is 15.5 Å². The first-order valence-electron chi connectivity index (χ1n) is 11.6. The van der Waals surface area contributed by atoms with Crippen LogP contribution in [0.3, 0.4) is 0 Å². The highest BCUT2D eigenvalue weighted by Gasteiger charge is 2.28. The van der Waals surface area contributed by atoms with Crippen LogP contribution in [0.15, 0.2) is 48.4 Å². The molecule has 2 N–H and O–H groups in total. The molecule has 8 heteroatoms. The molecule has 0 fully saturated rings. The second-order valence-corrected chi connectivity index (χ2v) is 9.45. The van der Waals surface area contributed by atoms with Gasteiger partial charge in [-0.05, 0) is 56.5 Å². The maximum atomic E-state index is 13.4. The third-order valence-electron chi connectivity index (χ3n) is 6.28. The highest BCUT2D eigenvalue weighted by atomic mass is 16.2. The van der Waals surface area contributed by atoms with Crippen molar-refractivity contribution in [2.75, 3.05) is 25.5 Å². The predicted molar refractivity (Wildman–Crippen MR) is 135 cm³/mol. The van der Waals surface area contributed by atoms with Crippen molar-refractivity contribution in [1.29, 1.82) is 0 Å². The van der Waals surface area contributed by atoms with Crippen LogP contribution in [0.2, 0.25) is 0 Å². The fraction of sp³-hybridized carbons (Fsp3) is 0.385. The van der Waals surface area contributed by atoms with Crippen molar-refractivity contribution in [1.82, 2.24) is 25.4 Å². The molecule has 0 bridgehead atoms. The molecule has 2 aromatic heterocycles. The largest absolute Gasteiger partial charge is 0.363 e. The number of rotatable bonds is 6. The molecule has 178 valence electrons. The number of aromatic nitrogens is 3. The third-order valence-corrected chi connectivity index (χ3v) is 6.28. The number of hydrogen-bond acceptors (Lipinski definition) is 5. The lowest BCUT2D eigenvalue weighted by atomic mass is 9.89. The Morgan fingerprint density at radius 3 is 2.59 bits per heavy atom. The number of fused-ring (bicyclic) bond motifs is 1. The molecule has 4 rings (SSSR count). The molecule has 0 saturated heterocycles. The van der Waals surface area contributed by atoms with Gasteiger partial charge in [-0.1, -0.05) is 13.0 Å². The van der Waals surface area contributed by atoms with Crippen LogP contribution in [-0.2, 0) is 4.79 Å². The van der Waals surface area contributed by atoms with Crippen LogP contribution in [0.25, 0.3) is 22.0 Å². The first-order chi connectivity index (χ1) is 16.2. The van der Waals surface area contributed by atoms with E-state index < -0.39 is 0 Å². The van der Waals surface area contributed by atoms with Crippen LogP contribution in [0.1, 0.15) is 44.1 Å². The molecule has 0 spiro atoms. The van der Waals surface area contributed by atoms with Gasteiger partial charge < -0.3 is 15.5 Å². The maximum absolute atomic E-state index is 13.4. The number of benzene rings is 1. The van der Waals surface area contributed by atoms with Gasteiger partial charge >= 0.3 is 0 Å². The summed E-state index contributed by atoms with van der Waals surface area (Å²) in [6, 6.07) is 8.03. The number of nitrogens with one attached hydrogen (secondary N) is 2. The lowest BCUT2D eigenvalue weighted by molar-refractivity contribution is -0.125. The number of carbonyl (C=O) groups is 2. The Labute approximate surface area is 200 Å². The van der Waals surface area contributed by atoms with E-state index in [1.807, 2.05) is 68.0 Å². The molecule has 34 heavy (non-hydrogen) atoms. The number of anilines is 1. The maximum Gasteiger partial charge on any atom is 0.252 e. The zero-order valence-corrected chi connectivity index (χ0v) is 20.6. The van der Waals surface area contributed by atoms with E-state index in [0.29, 0.717) is 5.56 Å². The van der Waals surface area contributed by atoms with Crippen molar-refractivity contribution >= 4 is 28.5 Å². The molecule has 0 saturated carbocycles. The van der Waals surface area contributed by atoms with E-state index in [0.717, 1.165) is 33.5 Å². The smallest absolute Gasteiger partial charge is 0.252 e. The minimum atomic E-state index is -0.313. The molecular formula is C26H32N6O2. The van der Waals surface area contributed by atoms with Gasteiger partial charge in [-0.25, -0.2) is 4.98 Å². The summed E-state index contributed by atoms with van der Waals surface area (Å²) < 4.78 is 1.92. The third kappa shape index (κ3) is 4.53. The number of amides is 2. The molecule has 0 radical (unpaired) electrons. The zero-order valence-electron chi connectivity index (χ0n) is 20.6. The minimum Gasteiger partial charge on any atom is -0.363 e. The highest BCUT2D eigenvalue weighted by Crippen LogP contribution is 2.30. The second kappa shape index (κ2) is 9.29. The second-order valence-electron chi connectivity index (χ2n) is 9.45. The SMILES string of the molecule is CC1=CC(C)C(CNC(=O)c2cc(-c3ccc(N(C)C)nc3)cc3c2cnn3C(C)C)C(=O)N1. The van der Waals surface area contributed by atoms with Gasteiger partial charge in [-0.15, -0.1) is 0 Å². The van der Waals surface area contributed by atoms with E-state index in [1.165, 1.54) is 0 Å². The quantitative estimate of drug-likeness (QED) is 0.584. The van der Waals surface area contributed by atoms with E-state index in [2.05, 4.69) is 40.6 Å². The summed E-state index contributed by atoms with van der Waals surface area (Å²) in [4.78, 5) is 32.3. The molecule has 1 aliphatic rings. The van der Waals surface area contributed by atoms with Crippen molar-refractivity contribution < 1.29 is 9.59 Å². The molecule has 2 unspecified atom stereocenters. The first kappa shape index (κ1) is 23.5. The van der Waals surface area contributed by atoms with Gasteiger partial charge in [0.05, 0.1) is 23.2 Å². The normalized spacial score (nSPS) is 18.1. The summed E-state index contributed by atoms with van der Waals surface area (Å²) in [5.41, 5.74) is 4.08. The van der Waals surface area contributed by atoms with E-state index in [-0.39, 0.29) is 36.2 Å². The van der Waals surface area contributed by atoms with E-state index in [1.54, 1.807) is 6.20 Å². The number of allylic oxidation sites excluding steroid dienone is 2. The van der Waals surface area contributed by atoms with Gasteiger partial charge in [0.15, 0.2) is 0 Å². The topological polar surface area (TPSA) is 92.2 Å². The molecule has 2 amide bonds. The van der Waals surface area contributed by atoms with E-state index in [9.17, 15) is 9.59 Å². The van der Waals surface area contributed by atoms with Crippen molar-refractivity contribution in [3.05, 3.63) is 54.0 Å². The monoisotopic (exact) mass is 460 g/mol. The van der Waals surface area contributed by atoms with Crippen molar-refractivity contribution in [3.8, 4) is 11.1 Å². The summed E-state index contributed by atoms with van der Waals surface area (Å²) in [5.74, 6) is 0.308. The van der Waals surface area contributed by atoms with Crippen LogP contribution in [0.5, 0.6) is 0 Å².